The number of aromatic nitrogens is 4. The lowest BCUT2D eigenvalue weighted by atomic mass is 10.3. The normalized spacial score (nSPS) is 20.6. The molecule has 1 aliphatic rings. The minimum absolute atomic E-state index is 0.508. The third kappa shape index (κ3) is 2.64. The molecule has 0 bridgehead atoms. The maximum Gasteiger partial charge on any atom is 0.0658 e. The lowest BCUT2D eigenvalue weighted by molar-refractivity contribution is 0.300. The van der Waals surface area contributed by atoms with E-state index < -0.39 is 0 Å². The highest BCUT2D eigenvalue weighted by atomic mass is 79.9. The second-order valence-electron chi connectivity index (χ2n) is 4.65. The smallest absolute Gasteiger partial charge is 0.0658 e. The van der Waals surface area contributed by atoms with Crippen molar-refractivity contribution in [3.8, 4) is 0 Å². The SMILES string of the molecule is Brc1cnn(C2CCN(CCn3cccn3)C2)c1. The summed E-state index contributed by atoms with van der Waals surface area (Å²) in [5.41, 5.74) is 0. The summed E-state index contributed by atoms with van der Waals surface area (Å²) in [6, 6.07) is 2.47. The molecule has 2 aromatic heterocycles. The Labute approximate surface area is 115 Å². The fourth-order valence-corrected chi connectivity index (χ4v) is 2.72. The van der Waals surface area contributed by atoms with Crippen LogP contribution in [-0.2, 0) is 6.54 Å². The average molecular weight is 310 g/mol. The monoisotopic (exact) mass is 309 g/mol. The fourth-order valence-electron chi connectivity index (χ4n) is 2.42. The molecule has 1 unspecified atom stereocenters. The van der Waals surface area contributed by atoms with E-state index in [1.54, 1.807) is 0 Å². The Morgan fingerprint density at radius 3 is 3.00 bits per heavy atom. The minimum atomic E-state index is 0.508. The second-order valence-corrected chi connectivity index (χ2v) is 5.57. The number of rotatable bonds is 4. The molecule has 18 heavy (non-hydrogen) atoms. The first-order valence-electron chi connectivity index (χ1n) is 6.21. The van der Waals surface area contributed by atoms with E-state index in [2.05, 4.69) is 41.9 Å². The summed E-state index contributed by atoms with van der Waals surface area (Å²) >= 11 is 3.44. The molecule has 0 spiro atoms. The Kier molecular flexibility index (Phi) is 3.47. The van der Waals surface area contributed by atoms with Gasteiger partial charge in [-0.25, -0.2) is 0 Å². The van der Waals surface area contributed by atoms with E-state index in [1.165, 1.54) is 6.42 Å². The highest BCUT2D eigenvalue weighted by Crippen LogP contribution is 2.22. The van der Waals surface area contributed by atoms with Crippen molar-refractivity contribution in [2.24, 2.45) is 0 Å². The van der Waals surface area contributed by atoms with Crippen LogP contribution in [0.4, 0.5) is 0 Å². The van der Waals surface area contributed by atoms with Crippen molar-refractivity contribution in [3.05, 3.63) is 35.3 Å². The van der Waals surface area contributed by atoms with Gasteiger partial charge in [-0.1, -0.05) is 0 Å². The number of hydrogen-bond donors (Lipinski definition) is 0. The number of hydrogen-bond acceptors (Lipinski definition) is 3. The number of halogens is 1. The van der Waals surface area contributed by atoms with Gasteiger partial charge in [0.2, 0.25) is 0 Å². The predicted octanol–water partition coefficient (Wildman–Crippen LogP) is 1.79. The molecule has 3 heterocycles. The topological polar surface area (TPSA) is 38.9 Å². The maximum atomic E-state index is 4.37. The lowest BCUT2D eigenvalue weighted by Gasteiger charge is -2.16. The van der Waals surface area contributed by atoms with Crippen LogP contribution in [0.1, 0.15) is 12.5 Å². The van der Waals surface area contributed by atoms with Crippen molar-refractivity contribution in [2.45, 2.75) is 19.0 Å². The van der Waals surface area contributed by atoms with Crippen LogP contribution < -0.4 is 0 Å². The van der Waals surface area contributed by atoms with Crippen LogP contribution in [-0.4, -0.2) is 44.1 Å². The van der Waals surface area contributed by atoms with E-state index in [1.807, 2.05) is 29.3 Å². The summed E-state index contributed by atoms with van der Waals surface area (Å²) in [6.45, 7) is 4.24. The van der Waals surface area contributed by atoms with Crippen LogP contribution in [0.5, 0.6) is 0 Å². The number of likely N-dealkylation sites (tertiary alicyclic amines) is 1. The fraction of sp³-hybridized carbons (Fsp3) is 0.500. The molecule has 1 atom stereocenters. The van der Waals surface area contributed by atoms with Crippen molar-refractivity contribution in [1.82, 2.24) is 24.5 Å². The van der Waals surface area contributed by atoms with E-state index in [4.69, 9.17) is 0 Å². The van der Waals surface area contributed by atoms with Crippen LogP contribution in [0.3, 0.4) is 0 Å². The van der Waals surface area contributed by atoms with Gasteiger partial charge in [-0.05, 0) is 28.4 Å². The second kappa shape index (κ2) is 5.24. The van der Waals surface area contributed by atoms with Crippen molar-refractivity contribution >= 4 is 15.9 Å². The first-order valence-corrected chi connectivity index (χ1v) is 7.00. The molecule has 0 saturated carbocycles. The molecule has 6 heteroatoms. The van der Waals surface area contributed by atoms with E-state index in [9.17, 15) is 0 Å². The van der Waals surface area contributed by atoms with Gasteiger partial charge < -0.3 is 0 Å². The molecule has 0 amide bonds. The lowest BCUT2D eigenvalue weighted by Crippen LogP contribution is -2.26. The van der Waals surface area contributed by atoms with Crippen molar-refractivity contribution in [1.29, 1.82) is 0 Å². The molecule has 3 rings (SSSR count). The highest BCUT2D eigenvalue weighted by Gasteiger charge is 2.23. The summed E-state index contributed by atoms with van der Waals surface area (Å²) in [4.78, 5) is 2.47. The Balaban J connectivity index is 1.52. The molecule has 0 aromatic carbocycles. The van der Waals surface area contributed by atoms with Gasteiger partial charge in [0.25, 0.3) is 0 Å². The van der Waals surface area contributed by atoms with Crippen molar-refractivity contribution in [2.75, 3.05) is 19.6 Å². The summed E-state index contributed by atoms with van der Waals surface area (Å²) in [5.74, 6) is 0. The molecule has 0 aliphatic carbocycles. The zero-order chi connectivity index (χ0) is 12.4. The van der Waals surface area contributed by atoms with Gasteiger partial charge in [0.15, 0.2) is 0 Å². The van der Waals surface area contributed by atoms with Crippen LogP contribution in [0.15, 0.2) is 35.3 Å². The predicted molar refractivity (Wildman–Crippen MR) is 72.2 cm³/mol. The summed E-state index contributed by atoms with van der Waals surface area (Å²) in [5, 5.41) is 8.59. The third-order valence-corrected chi connectivity index (χ3v) is 3.81. The Hall–Kier alpha value is -1.14. The van der Waals surface area contributed by atoms with Gasteiger partial charge >= 0.3 is 0 Å². The van der Waals surface area contributed by atoms with Gasteiger partial charge in [-0.2, -0.15) is 10.2 Å². The summed E-state index contributed by atoms with van der Waals surface area (Å²) in [6.07, 6.45) is 8.92. The van der Waals surface area contributed by atoms with Crippen LogP contribution in [0.25, 0.3) is 0 Å². The Morgan fingerprint density at radius 2 is 2.28 bits per heavy atom. The van der Waals surface area contributed by atoms with E-state index in [-0.39, 0.29) is 0 Å². The molecular weight excluding hydrogens is 294 g/mol. The van der Waals surface area contributed by atoms with Crippen LogP contribution >= 0.6 is 15.9 Å². The molecular formula is C12H16BrN5. The van der Waals surface area contributed by atoms with Gasteiger partial charge in [0, 0.05) is 38.2 Å². The number of nitrogens with zero attached hydrogens (tertiary/aromatic N) is 5. The quantitative estimate of drug-likeness (QED) is 0.864. The molecule has 1 fully saturated rings. The largest absolute Gasteiger partial charge is 0.299 e. The zero-order valence-electron chi connectivity index (χ0n) is 10.1. The Morgan fingerprint density at radius 1 is 1.33 bits per heavy atom. The van der Waals surface area contributed by atoms with Gasteiger partial charge in [-0.3, -0.25) is 14.3 Å². The third-order valence-electron chi connectivity index (χ3n) is 3.40. The molecule has 0 N–H and O–H groups in total. The standard InChI is InChI=1S/C12H16BrN5/c13-11-8-15-18(9-11)12-2-5-16(10-12)6-7-17-4-1-3-14-17/h1,3-4,8-9,12H,2,5-7,10H2. The molecule has 96 valence electrons. The van der Waals surface area contributed by atoms with Gasteiger partial charge in [0.05, 0.1) is 23.3 Å². The highest BCUT2D eigenvalue weighted by molar-refractivity contribution is 9.10. The first kappa shape index (κ1) is 11.9. The first-order chi connectivity index (χ1) is 8.81. The Bertz CT molecular complexity index is 492. The van der Waals surface area contributed by atoms with Gasteiger partial charge in [0.1, 0.15) is 0 Å². The molecule has 2 aromatic rings. The summed E-state index contributed by atoms with van der Waals surface area (Å²) in [7, 11) is 0. The average Bonchev–Trinajstić information content (AvgIpc) is 3.07. The van der Waals surface area contributed by atoms with Gasteiger partial charge in [-0.15, -0.1) is 0 Å². The maximum absolute atomic E-state index is 4.37. The molecule has 0 radical (unpaired) electrons. The molecule has 1 aliphatic heterocycles. The molecule has 1 saturated heterocycles. The van der Waals surface area contributed by atoms with Crippen molar-refractivity contribution < 1.29 is 0 Å². The van der Waals surface area contributed by atoms with E-state index >= 15 is 0 Å². The van der Waals surface area contributed by atoms with Crippen LogP contribution in [0.2, 0.25) is 0 Å². The van der Waals surface area contributed by atoms with Crippen molar-refractivity contribution in [3.63, 3.8) is 0 Å². The van der Waals surface area contributed by atoms with Crippen LogP contribution in [0, 0.1) is 0 Å². The van der Waals surface area contributed by atoms with E-state index in [0.717, 1.165) is 30.7 Å². The van der Waals surface area contributed by atoms with E-state index in [0.29, 0.717) is 6.04 Å². The molecule has 5 nitrogen and oxygen atoms in total. The zero-order valence-corrected chi connectivity index (χ0v) is 11.7. The summed E-state index contributed by atoms with van der Waals surface area (Å²) < 4.78 is 5.10. The minimum Gasteiger partial charge on any atom is -0.299 e.